The van der Waals surface area contributed by atoms with Gasteiger partial charge in [0.05, 0.1) is 0 Å². The summed E-state index contributed by atoms with van der Waals surface area (Å²) in [5.74, 6) is 0.958. The molecule has 0 aliphatic heterocycles. The second-order valence-electron chi connectivity index (χ2n) is 3.02. The number of para-hydroxylation sites is 1. The summed E-state index contributed by atoms with van der Waals surface area (Å²) >= 11 is 0. The van der Waals surface area contributed by atoms with Crippen LogP contribution in [0.15, 0.2) is 36.4 Å². The monoisotopic (exact) mass is 191 g/mol. The zero-order valence-electron chi connectivity index (χ0n) is 8.79. The molecule has 0 unspecified atom stereocenters. The van der Waals surface area contributed by atoms with Crippen molar-refractivity contribution < 1.29 is 4.74 Å². The molecule has 0 fully saturated rings. The fraction of sp³-hybridized carbons (Fsp3) is 0.333. The minimum absolute atomic E-state index is 0.636. The highest BCUT2D eigenvalue weighted by molar-refractivity contribution is 5.33. The Morgan fingerprint density at radius 2 is 2.14 bits per heavy atom. The fourth-order valence-corrected chi connectivity index (χ4v) is 1.22. The number of hydrogen-bond acceptors (Lipinski definition) is 2. The minimum Gasteiger partial charge on any atom is -0.489 e. The summed E-state index contributed by atoms with van der Waals surface area (Å²) in [5, 5.41) is 3.12. The molecule has 0 amide bonds. The molecule has 0 bridgehead atoms. The number of nitrogens with one attached hydrogen (secondary N) is 1. The topological polar surface area (TPSA) is 21.3 Å². The fourth-order valence-electron chi connectivity index (χ4n) is 1.22. The Balaban J connectivity index is 2.63. The molecule has 0 atom stereocenters. The lowest BCUT2D eigenvalue weighted by molar-refractivity contribution is 0.358. The Hall–Kier alpha value is -1.28. The van der Waals surface area contributed by atoms with Gasteiger partial charge in [-0.15, -0.1) is 0 Å². The van der Waals surface area contributed by atoms with Crippen molar-refractivity contribution in [3.8, 4) is 5.75 Å². The van der Waals surface area contributed by atoms with Crippen molar-refractivity contribution in [2.24, 2.45) is 0 Å². The Labute approximate surface area is 85.6 Å². The highest BCUT2D eigenvalue weighted by atomic mass is 16.5. The van der Waals surface area contributed by atoms with Crippen molar-refractivity contribution in [2.45, 2.75) is 13.5 Å². The number of hydrogen-bond donors (Lipinski definition) is 1. The summed E-state index contributed by atoms with van der Waals surface area (Å²) in [6, 6.07) is 8.08. The van der Waals surface area contributed by atoms with Crippen LogP contribution in [0.1, 0.15) is 12.5 Å². The van der Waals surface area contributed by atoms with Gasteiger partial charge < -0.3 is 10.1 Å². The second kappa shape index (κ2) is 6.22. The first-order valence-corrected chi connectivity index (χ1v) is 4.85. The van der Waals surface area contributed by atoms with E-state index in [1.807, 2.05) is 44.3 Å². The van der Waals surface area contributed by atoms with Gasteiger partial charge in [0, 0.05) is 12.1 Å². The van der Waals surface area contributed by atoms with E-state index >= 15 is 0 Å². The minimum atomic E-state index is 0.636. The summed E-state index contributed by atoms with van der Waals surface area (Å²) in [6.45, 7) is 3.46. The predicted molar refractivity (Wildman–Crippen MR) is 59.5 cm³/mol. The molecule has 76 valence electrons. The van der Waals surface area contributed by atoms with E-state index in [2.05, 4.69) is 11.4 Å². The molecule has 1 rings (SSSR count). The zero-order valence-corrected chi connectivity index (χ0v) is 8.79. The molecule has 0 aliphatic carbocycles. The van der Waals surface area contributed by atoms with Gasteiger partial charge in [0.1, 0.15) is 12.4 Å². The van der Waals surface area contributed by atoms with Gasteiger partial charge in [0.2, 0.25) is 0 Å². The van der Waals surface area contributed by atoms with Crippen LogP contribution in [0.25, 0.3) is 0 Å². The summed E-state index contributed by atoms with van der Waals surface area (Å²) in [7, 11) is 1.93. The third-order valence-corrected chi connectivity index (χ3v) is 1.91. The summed E-state index contributed by atoms with van der Waals surface area (Å²) in [5.41, 5.74) is 1.19. The largest absolute Gasteiger partial charge is 0.489 e. The lowest BCUT2D eigenvalue weighted by atomic mass is 10.2. The standard InChI is InChI=1S/C12H17NO/c1-3-4-9-14-12-8-6-5-7-11(12)10-13-2/h3-8,13H,9-10H2,1-2H3/b4-3+. The third-order valence-electron chi connectivity index (χ3n) is 1.91. The van der Waals surface area contributed by atoms with E-state index < -0.39 is 0 Å². The molecular formula is C12H17NO. The maximum absolute atomic E-state index is 5.60. The van der Waals surface area contributed by atoms with Crippen molar-refractivity contribution in [3.05, 3.63) is 42.0 Å². The van der Waals surface area contributed by atoms with E-state index in [0.717, 1.165) is 12.3 Å². The van der Waals surface area contributed by atoms with Gasteiger partial charge in [-0.1, -0.05) is 30.4 Å². The average molecular weight is 191 g/mol. The Morgan fingerprint density at radius 3 is 2.86 bits per heavy atom. The molecule has 1 N–H and O–H groups in total. The van der Waals surface area contributed by atoms with E-state index in [1.165, 1.54) is 5.56 Å². The van der Waals surface area contributed by atoms with E-state index in [1.54, 1.807) is 0 Å². The van der Waals surface area contributed by atoms with Crippen LogP contribution in [0.4, 0.5) is 0 Å². The molecule has 1 aromatic rings. The van der Waals surface area contributed by atoms with Crippen LogP contribution in [-0.4, -0.2) is 13.7 Å². The van der Waals surface area contributed by atoms with Crippen molar-refractivity contribution in [1.29, 1.82) is 0 Å². The molecule has 2 heteroatoms. The molecule has 2 nitrogen and oxygen atoms in total. The first-order valence-electron chi connectivity index (χ1n) is 4.85. The van der Waals surface area contributed by atoms with Crippen LogP contribution >= 0.6 is 0 Å². The van der Waals surface area contributed by atoms with Crippen LogP contribution in [0, 0.1) is 0 Å². The molecule has 14 heavy (non-hydrogen) atoms. The Morgan fingerprint density at radius 1 is 1.36 bits per heavy atom. The smallest absolute Gasteiger partial charge is 0.124 e. The van der Waals surface area contributed by atoms with Gasteiger partial charge in [0.25, 0.3) is 0 Å². The van der Waals surface area contributed by atoms with Crippen molar-refractivity contribution in [2.75, 3.05) is 13.7 Å². The molecule has 0 aromatic heterocycles. The third kappa shape index (κ3) is 3.23. The van der Waals surface area contributed by atoms with Crippen LogP contribution < -0.4 is 10.1 Å². The lowest BCUT2D eigenvalue weighted by Gasteiger charge is -2.09. The molecule has 0 saturated carbocycles. The molecule has 0 saturated heterocycles. The van der Waals surface area contributed by atoms with Crippen molar-refractivity contribution in [3.63, 3.8) is 0 Å². The molecule has 0 aliphatic rings. The average Bonchev–Trinajstić information content (AvgIpc) is 2.21. The molecule has 1 aromatic carbocycles. The highest BCUT2D eigenvalue weighted by Gasteiger charge is 1.99. The molecule has 0 radical (unpaired) electrons. The van der Waals surface area contributed by atoms with E-state index in [0.29, 0.717) is 6.61 Å². The summed E-state index contributed by atoms with van der Waals surface area (Å²) in [6.07, 6.45) is 3.98. The van der Waals surface area contributed by atoms with Crippen LogP contribution in [0.3, 0.4) is 0 Å². The Kier molecular flexibility index (Phi) is 4.79. The van der Waals surface area contributed by atoms with Gasteiger partial charge in [-0.25, -0.2) is 0 Å². The van der Waals surface area contributed by atoms with Gasteiger partial charge in [-0.05, 0) is 20.0 Å². The summed E-state index contributed by atoms with van der Waals surface area (Å²) < 4.78 is 5.60. The van der Waals surface area contributed by atoms with E-state index in [9.17, 15) is 0 Å². The van der Waals surface area contributed by atoms with Crippen molar-refractivity contribution >= 4 is 0 Å². The van der Waals surface area contributed by atoms with Crippen LogP contribution in [0.2, 0.25) is 0 Å². The normalized spacial score (nSPS) is 10.7. The number of allylic oxidation sites excluding steroid dienone is 1. The van der Waals surface area contributed by atoms with E-state index in [-0.39, 0.29) is 0 Å². The molecule has 0 heterocycles. The number of rotatable bonds is 5. The summed E-state index contributed by atoms with van der Waals surface area (Å²) in [4.78, 5) is 0. The lowest BCUT2D eigenvalue weighted by Crippen LogP contribution is -2.07. The Bertz CT molecular complexity index is 294. The molecular weight excluding hydrogens is 174 g/mol. The van der Waals surface area contributed by atoms with Gasteiger partial charge in [0.15, 0.2) is 0 Å². The molecule has 0 spiro atoms. The van der Waals surface area contributed by atoms with E-state index in [4.69, 9.17) is 4.74 Å². The first-order chi connectivity index (χ1) is 6.88. The van der Waals surface area contributed by atoms with Crippen LogP contribution in [-0.2, 0) is 6.54 Å². The van der Waals surface area contributed by atoms with Crippen LogP contribution in [0.5, 0.6) is 5.75 Å². The first kappa shape index (κ1) is 10.8. The van der Waals surface area contributed by atoms with Crippen molar-refractivity contribution in [1.82, 2.24) is 5.32 Å². The predicted octanol–water partition coefficient (Wildman–Crippen LogP) is 2.36. The van der Waals surface area contributed by atoms with Gasteiger partial charge >= 0.3 is 0 Å². The maximum Gasteiger partial charge on any atom is 0.124 e. The zero-order chi connectivity index (χ0) is 10.2. The number of ether oxygens (including phenoxy) is 1. The SMILES string of the molecule is C/C=C/COc1ccccc1CNC. The highest BCUT2D eigenvalue weighted by Crippen LogP contribution is 2.17. The number of benzene rings is 1. The maximum atomic E-state index is 5.60. The van der Waals surface area contributed by atoms with Gasteiger partial charge in [-0.3, -0.25) is 0 Å². The quantitative estimate of drug-likeness (QED) is 0.721. The second-order valence-corrected chi connectivity index (χ2v) is 3.02. The van der Waals surface area contributed by atoms with Gasteiger partial charge in [-0.2, -0.15) is 0 Å².